The smallest absolute Gasteiger partial charge is 0.252 e. The molecule has 0 radical (unpaired) electrons. The van der Waals surface area contributed by atoms with E-state index >= 15 is 0 Å². The third-order valence-corrected chi connectivity index (χ3v) is 7.20. The van der Waals surface area contributed by atoms with Crippen LogP contribution in [0.5, 0.6) is 5.75 Å². The Labute approximate surface area is 256 Å². The maximum Gasteiger partial charge on any atom is 0.252 e. The zero-order chi connectivity index (χ0) is 27.6. The second kappa shape index (κ2) is 20.3. The lowest BCUT2D eigenvalue weighted by Gasteiger charge is -2.24. The van der Waals surface area contributed by atoms with E-state index in [1.165, 1.54) is 76.2 Å². The third kappa shape index (κ3) is 14.5. The van der Waals surface area contributed by atoms with Crippen LogP contribution in [0.3, 0.4) is 0 Å². The number of aryl methyl sites for hydroxylation is 1. The Kier molecular flexibility index (Phi) is 18.4. The summed E-state index contributed by atoms with van der Waals surface area (Å²) in [5, 5.41) is 3.07. The summed E-state index contributed by atoms with van der Waals surface area (Å²) in [5.41, 5.74) is 2.95. The van der Waals surface area contributed by atoms with Gasteiger partial charge in [-0.2, -0.15) is 0 Å². The van der Waals surface area contributed by atoms with Gasteiger partial charge in [-0.1, -0.05) is 111 Å². The summed E-state index contributed by atoms with van der Waals surface area (Å²) in [6, 6.07) is 10.1. The van der Waals surface area contributed by atoms with Crippen LogP contribution in [-0.4, -0.2) is 12.5 Å². The Morgan fingerprint density at radius 1 is 0.795 bits per heavy atom. The molecule has 2 rings (SSSR count). The quantitative estimate of drug-likeness (QED) is 0.121. The number of ether oxygens (including phenoxy) is 1. The van der Waals surface area contributed by atoms with Crippen molar-refractivity contribution in [2.75, 3.05) is 6.61 Å². The van der Waals surface area contributed by atoms with Crippen LogP contribution in [0, 0.1) is 0 Å². The molecule has 0 unspecified atom stereocenters. The summed E-state index contributed by atoms with van der Waals surface area (Å²) in [5.74, 6) is 0.928. The summed E-state index contributed by atoms with van der Waals surface area (Å²) in [4.78, 5) is 12.6. The number of halogens is 1. The average molecular weight is 651 g/mol. The number of hydrogen-bond acceptors (Lipinski definition) is 2. The summed E-state index contributed by atoms with van der Waals surface area (Å²) >= 11 is 0. The van der Waals surface area contributed by atoms with E-state index in [9.17, 15) is 4.79 Å². The van der Waals surface area contributed by atoms with Gasteiger partial charge >= 0.3 is 0 Å². The van der Waals surface area contributed by atoms with Crippen molar-refractivity contribution in [1.29, 1.82) is 0 Å². The standard InChI is InChI=1S/C34H54N2O2.HI/c1-6-8-9-10-11-12-13-14-15-16-17-18-26-38-32-20-19-29(27-31(32)34(3,4)5)28-35-33(37)30-21-24-36(23-7-2)25-22-30;/h19-22,24-25,27H,6-18,23,26,28H2,1-5H3;1H. The largest absolute Gasteiger partial charge is 1.00 e. The minimum atomic E-state index is -0.0433. The summed E-state index contributed by atoms with van der Waals surface area (Å²) in [6.45, 7) is 13.3. The fourth-order valence-electron chi connectivity index (χ4n) is 4.82. The van der Waals surface area contributed by atoms with Gasteiger partial charge in [0.15, 0.2) is 12.4 Å². The number of aromatic nitrogens is 1. The average Bonchev–Trinajstić information content (AvgIpc) is 2.90. The van der Waals surface area contributed by atoms with Crippen molar-refractivity contribution >= 4 is 5.91 Å². The van der Waals surface area contributed by atoms with Gasteiger partial charge in [0.2, 0.25) is 0 Å². The van der Waals surface area contributed by atoms with Gasteiger partial charge in [0.1, 0.15) is 12.3 Å². The highest BCUT2D eigenvalue weighted by atomic mass is 127. The fourth-order valence-corrected chi connectivity index (χ4v) is 4.82. The van der Waals surface area contributed by atoms with Gasteiger partial charge in [0, 0.05) is 25.1 Å². The molecule has 0 saturated carbocycles. The molecule has 1 aromatic carbocycles. The summed E-state index contributed by atoms with van der Waals surface area (Å²) in [6.07, 6.45) is 21.2. The maximum absolute atomic E-state index is 12.6. The normalized spacial score (nSPS) is 11.2. The van der Waals surface area contributed by atoms with Crippen LogP contribution in [0.15, 0.2) is 42.7 Å². The second-order valence-corrected chi connectivity index (χ2v) is 11.8. The van der Waals surface area contributed by atoms with Gasteiger partial charge in [0.05, 0.1) is 12.2 Å². The molecule has 1 amide bonds. The number of pyridine rings is 1. The van der Waals surface area contributed by atoms with E-state index in [4.69, 9.17) is 4.74 Å². The summed E-state index contributed by atoms with van der Waals surface area (Å²) in [7, 11) is 0. The molecule has 5 heteroatoms. The van der Waals surface area contributed by atoms with Crippen molar-refractivity contribution in [3.63, 3.8) is 0 Å². The molecule has 39 heavy (non-hydrogen) atoms. The van der Waals surface area contributed by atoms with Crippen LogP contribution >= 0.6 is 0 Å². The molecule has 0 aliphatic heterocycles. The van der Waals surface area contributed by atoms with Crippen molar-refractivity contribution in [1.82, 2.24) is 5.32 Å². The molecule has 1 aromatic heterocycles. The molecule has 0 saturated heterocycles. The molecule has 0 bridgehead atoms. The lowest BCUT2D eigenvalue weighted by Crippen LogP contribution is -3.00. The number of nitrogens with zero attached hydrogens (tertiary/aromatic N) is 1. The monoisotopic (exact) mass is 650 g/mol. The second-order valence-electron chi connectivity index (χ2n) is 11.8. The Hall–Kier alpha value is -1.63. The number of carbonyl (C=O) groups is 1. The van der Waals surface area contributed by atoms with Crippen molar-refractivity contribution in [3.05, 3.63) is 59.4 Å². The SMILES string of the molecule is CCCCCCCCCCCCCCOc1ccc(CNC(=O)c2cc[n+](CCC)cc2)cc1C(C)(C)C.[I-]. The van der Waals surface area contributed by atoms with Gasteiger partial charge in [-0.25, -0.2) is 4.57 Å². The highest BCUT2D eigenvalue weighted by Gasteiger charge is 2.20. The van der Waals surface area contributed by atoms with Gasteiger partial charge in [0.25, 0.3) is 5.91 Å². The Balaban J connectivity index is 0.00000760. The molecule has 0 aliphatic rings. The lowest BCUT2D eigenvalue weighted by molar-refractivity contribution is -0.697. The van der Waals surface area contributed by atoms with E-state index in [-0.39, 0.29) is 35.3 Å². The topological polar surface area (TPSA) is 42.2 Å². The zero-order valence-electron chi connectivity index (χ0n) is 25.5. The number of unbranched alkanes of at least 4 members (excludes halogenated alkanes) is 11. The third-order valence-electron chi connectivity index (χ3n) is 7.20. The Morgan fingerprint density at radius 2 is 1.36 bits per heavy atom. The number of nitrogens with one attached hydrogen (secondary N) is 1. The molecular weight excluding hydrogens is 595 g/mol. The number of benzene rings is 1. The predicted molar refractivity (Wildman–Crippen MR) is 160 cm³/mol. The predicted octanol–water partition coefficient (Wildman–Crippen LogP) is 5.70. The number of rotatable bonds is 19. The first-order valence-electron chi connectivity index (χ1n) is 15.4. The molecule has 2 aromatic rings. The Morgan fingerprint density at radius 3 is 1.90 bits per heavy atom. The Bertz CT molecular complexity index is 922. The molecule has 0 atom stereocenters. The number of hydrogen-bond donors (Lipinski definition) is 1. The molecule has 0 aliphatic carbocycles. The van der Waals surface area contributed by atoms with Crippen molar-refractivity contribution in [2.24, 2.45) is 0 Å². The molecule has 0 spiro atoms. The van der Waals surface area contributed by atoms with Gasteiger partial charge in [-0.3, -0.25) is 4.79 Å². The van der Waals surface area contributed by atoms with Crippen LogP contribution in [0.25, 0.3) is 0 Å². The van der Waals surface area contributed by atoms with Crippen molar-refractivity contribution < 1.29 is 38.1 Å². The first kappa shape index (κ1) is 35.4. The van der Waals surface area contributed by atoms with Crippen molar-refractivity contribution in [3.8, 4) is 5.75 Å². The van der Waals surface area contributed by atoms with Crippen molar-refractivity contribution in [2.45, 2.75) is 137 Å². The first-order valence-corrected chi connectivity index (χ1v) is 15.4. The van der Waals surface area contributed by atoms with E-state index in [0.717, 1.165) is 37.3 Å². The van der Waals surface area contributed by atoms with Crippen LogP contribution < -0.4 is 38.6 Å². The molecular formula is C34H55IN2O2. The lowest BCUT2D eigenvalue weighted by atomic mass is 9.85. The molecule has 1 heterocycles. The molecule has 1 N–H and O–H groups in total. The molecule has 0 fully saturated rings. The van der Waals surface area contributed by atoms with Gasteiger partial charge in [-0.05, 0) is 35.1 Å². The highest BCUT2D eigenvalue weighted by Crippen LogP contribution is 2.32. The van der Waals surface area contributed by atoms with E-state index in [2.05, 4.69) is 62.7 Å². The van der Waals surface area contributed by atoms with Crippen LogP contribution in [-0.2, 0) is 18.5 Å². The van der Waals surface area contributed by atoms with Crippen LogP contribution in [0.1, 0.15) is 140 Å². The highest BCUT2D eigenvalue weighted by molar-refractivity contribution is 5.93. The number of carbonyl (C=O) groups excluding carboxylic acids is 1. The van der Waals surface area contributed by atoms with E-state index in [1.807, 2.05) is 24.5 Å². The minimum Gasteiger partial charge on any atom is -1.00 e. The zero-order valence-corrected chi connectivity index (χ0v) is 27.7. The van der Waals surface area contributed by atoms with Gasteiger partial charge in [-0.15, -0.1) is 0 Å². The van der Waals surface area contributed by atoms with Crippen LogP contribution in [0.2, 0.25) is 0 Å². The summed E-state index contributed by atoms with van der Waals surface area (Å²) < 4.78 is 8.35. The fraction of sp³-hybridized carbons (Fsp3) is 0.647. The molecule has 220 valence electrons. The van der Waals surface area contributed by atoms with E-state index in [1.54, 1.807) is 0 Å². The maximum atomic E-state index is 12.6. The van der Waals surface area contributed by atoms with E-state index < -0.39 is 0 Å². The molecule has 4 nitrogen and oxygen atoms in total. The minimum absolute atomic E-state index is 0. The van der Waals surface area contributed by atoms with Crippen LogP contribution in [0.4, 0.5) is 0 Å². The first-order chi connectivity index (χ1) is 18.3. The van der Waals surface area contributed by atoms with Gasteiger partial charge < -0.3 is 34.0 Å². The van der Waals surface area contributed by atoms with E-state index in [0.29, 0.717) is 12.1 Å². The number of amides is 1.